The van der Waals surface area contributed by atoms with E-state index in [1.807, 2.05) is 45.6 Å². The maximum atomic E-state index is 13.4. The zero-order valence-electron chi connectivity index (χ0n) is 19.5. The van der Waals surface area contributed by atoms with E-state index in [1.54, 1.807) is 6.92 Å². The van der Waals surface area contributed by atoms with Gasteiger partial charge in [-0.3, -0.25) is 14.5 Å². The number of hydrogen-bond donors (Lipinski definition) is 2. The van der Waals surface area contributed by atoms with Crippen molar-refractivity contribution >= 4 is 21.8 Å². The number of amides is 2. The van der Waals surface area contributed by atoms with E-state index in [0.717, 1.165) is 28.7 Å². The Morgan fingerprint density at radius 2 is 1.58 bits per heavy atom. The minimum atomic E-state index is -3.61. The monoisotopic (exact) mass is 452 g/mol. The van der Waals surface area contributed by atoms with E-state index in [0.29, 0.717) is 37.6 Å². The highest BCUT2D eigenvalue weighted by atomic mass is 32.2. The molecule has 1 heterocycles. The van der Waals surface area contributed by atoms with E-state index in [9.17, 15) is 18.0 Å². The fourth-order valence-electron chi connectivity index (χ4n) is 3.78. The molecule has 8 nitrogen and oxygen atoms in total. The maximum absolute atomic E-state index is 13.4. The van der Waals surface area contributed by atoms with Crippen molar-refractivity contribution in [3.63, 3.8) is 0 Å². The van der Waals surface area contributed by atoms with E-state index < -0.39 is 16.1 Å². The number of rotatable bonds is 8. The summed E-state index contributed by atoms with van der Waals surface area (Å²) in [6, 6.07) is 1.42. The molecule has 0 radical (unpaired) electrons. The van der Waals surface area contributed by atoms with Gasteiger partial charge in [0.2, 0.25) is 21.8 Å². The van der Waals surface area contributed by atoms with E-state index in [4.69, 9.17) is 0 Å². The van der Waals surface area contributed by atoms with Gasteiger partial charge in [0.15, 0.2) is 0 Å². The molecule has 0 aliphatic carbocycles. The van der Waals surface area contributed by atoms with Crippen LogP contribution < -0.4 is 10.6 Å². The van der Waals surface area contributed by atoms with Crippen LogP contribution in [0.1, 0.15) is 42.5 Å². The average molecular weight is 453 g/mol. The van der Waals surface area contributed by atoms with Crippen molar-refractivity contribution in [1.29, 1.82) is 0 Å². The molecule has 1 unspecified atom stereocenters. The van der Waals surface area contributed by atoms with Crippen LogP contribution in [0, 0.1) is 27.7 Å². The summed E-state index contributed by atoms with van der Waals surface area (Å²) >= 11 is 0. The van der Waals surface area contributed by atoms with Crippen molar-refractivity contribution < 1.29 is 18.0 Å². The first-order valence-electron chi connectivity index (χ1n) is 10.9. The standard InChI is InChI=1S/C22H36N4O4S/c1-7-8-23-22(28)19(6)24-20(27)14-25-9-11-26(12-10-25)31(29,30)21-17(4)15(2)13-16(3)18(21)5/h13,19H,7-12,14H2,1-6H3,(H,23,28)(H,24,27). The van der Waals surface area contributed by atoms with Crippen LogP contribution in [-0.2, 0) is 19.6 Å². The minimum absolute atomic E-state index is 0.140. The first-order chi connectivity index (χ1) is 14.5. The number of piperazine rings is 1. The van der Waals surface area contributed by atoms with Gasteiger partial charge in [-0.25, -0.2) is 8.42 Å². The highest BCUT2D eigenvalue weighted by molar-refractivity contribution is 7.89. The first-order valence-corrected chi connectivity index (χ1v) is 12.3. The van der Waals surface area contributed by atoms with Crippen LogP contribution >= 0.6 is 0 Å². The molecule has 2 rings (SSSR count). The van der Waals surface area contributed by atoms with Gasteiger partial charge in [-0.05, 0) is 63.3 Å². The second-order valence-electron chi connectivity index (χ2n) is 8.35. The lowest BCUT2D eigenvalue weighted by Crippen LogP contribution is -2.53. The van der Waals surface area contributed by atoms with E-state index in [1.165, 1.54) is 4.31 Å². The molecule has 0 spiro atoms. The quantitative estimate of drug-likeness (QED) is 0.619. The van der Waals surface area contributed by atoms with Gasteiger partial charge in [-0.1, -0.05) is 13.0 Å². The first kappa shape index (κ1) is 25.3. The fraction of sp³-hybridized carbons (Fsp3) is 0.636. The molecule has 1 aliphatic heterocycles. The number of aryl methyl sites for hydroxylation is 2. The van der Waals surface area contributed by atoms with Crippen LogP contribution in [0.15, 0.2) is 11.0 Å². The van der Waals surface area contributed by atoms with Gasteiger partial charge in [-0.15, -0.1) is 0 Å². The molecule has 31 heavy (non-hydrogen) atoms. The van der Waals surface area contributed by atoms with Crippen molar-refractivity contribution in [2.45, 2.75) is 58.9 Å². The minimum Gasteiger partial charge on any atom is -0.354 e. The fourth-order valence-corrected chi connectivity index (χ4v) is 5.78. The smallest absolute Gasteiger partial charge is 0.243 e. The second-order valence-corrected chi connectivity index (χ2v) is 10.2. The van der Waals surface area contributed by atoms with Gasteiger partial charge in [0.05, 0.1) is 11.4 Å². The third-order valence-corrected chi connectivity index (χ3v) is 8.09. The topological polar surface area (TPSA) is 98.8 Å². The molecule has 2 N–H and O–H groups in total. The number of sulfonamides is 1. The molecule has 1 aliphatic rings. The molecule has 1 atom stereocenters. The summed E-state index contributed by atoms with van der Waals surface area (Å²) in [5.41, 5.74) is 3.52. The lowest BCUT2D eigenvalue weighted by Gasteiger charge is -2.34. The van der Waals surface area contributed by atoms with Crippen LogP contribution in [0.25, 0.3) is 0 Å². The molecule has 1 aromatic rings. The number of nitrogens with zero attached hydrogens (tertiary/aromatic N) is 2. The molecular weight excluding hydrogens is 416 g/mol. The van der Waals surface area contributed by atoms with Gasteiger partial charge in [-0.2, -0.15) is 4.31 Å². The highest BCUT2D eigenvalue weighted by Gasteiger charge is 2.32. The molecule has 1 fully saturated rings. The zero-order chi connectivity index (χ0) is 23.3. The molecule has 174 valence electrons. The third-order valence-electron chi connectivity index (χ3n) is 5.91. The summed E-state index contributed by atoms with van der Waals surface area (Å²) in [5.74, 6) is -0.443. The van der Waals surface area contributed by atoms with Crippen LogP contribution in [-0.4, -0.2) is 74.7 Å². The Bertz CT molecular complexity index is 896. The predicted octanol–water partition coefficient (Wildman–Crippen LogP) is 1.26. The summed E-state index contributed by atoms with van der Waals surface area (Å²) in [6.45, 7) is 13.5. The van der Waals surface area contributed by atoms with E-state index in [-0.39, 0.29) is 18.4 Å². The van der Waals surface area contributed by atoms with Crippen LogP contribution in [0.3, 0.4) is 0 Å². The van der Waals surface area contributed by atoms with E-state index in [2.05, 4.69) is 10.6 Å². The molecular formula is C22H36N4O4S. The van der Waals surface area contributed by atoms with E-state index >= 15 is 0 Å². The molecule has 0 bridgehead atoms. The molecule has 9 heteroatoms. The van der Waals surface area contributed by atoms with Crippen molar-refractivity contribution in [2.75, 3.05) is 39.3 Å². The Morgan fingerprint density at radius 3 is 2.10 bits per heavy atom. The SMILES string of the molecule is CCCNC(=O)C(C)NC(=O)CN1CCN(S(=O)(=O)c2c(C)c(C)cc(C)c2C)CC1. The Morgan fingerprint density at radius 1 is 1.03 bits per heavy atom. The van der Waals surface area contributed by atoms with Gasteiger partial charge < -0.3 is 10.6 Å². The Labute approximate surface area is 186 Å². The lowest BCUT2D eigenvalue weighted by molar-refractivity contribution is -0.129. The van der Waals surface area contributed by atoms with Gasteiger partial charge in [0.25, 0.3) is 0 Å². The summed E-state index contributed by atoms with van der Waals surface area (Å²) in [5, 5.41) is 5.46. The predicted molar refractivity (Wildman–Crippen MR) is 121 cm³/mol. The number of carbonyl (C=O) groups is 2. The molecule has 2 amide bonds. The molecule has 0 aromatic heterocycles. The van der Waals surface area contributed by atoms with Gasteiger partial charge >= 0.3 is 0 Å². The Kier molecular flexibility index (Phi) is 8.62. The van der Waals surface area contributed by atoms with Crippen LogP contribution in [0.2, 0.25) is 0 Å². The van der Waals surface area contributed by atoms with Gasteiger partial charge in [0, 0.05) is 32.7 Å². The molecule has 1 saturated heterocycles. The molecule has 0 saturated carbocycles. The van der Waals surface area contributed by atoms with Crippen molar-refractivity contribution in [3.05, 3.63) is 28.3 Å². The number of hydrogen-bond acceptors (Lipinski definition) is 5. The lowest BCUT2D eigenvalue weighted by atomic mass is 10.0. The van der Waals surface area contributed by atoms with Crippen LogP contribution in [0.4, 0.5) is 0 Å². The number of benzene rings is 1. The largest absolute Gasteiger partial charge is 0.354 e. The van der Waals surface area contributed by atoms with Gasteiger partial charge in [0.1, 0.15) is 6.04 Å². The number of nitrogens with one attached hydrogen (secondary N) is 2. The summed E-state index contributed by atoms with van der Waals surface area (Å²) in [6.07, 6.45) is 0.834. The normalized spacial score (nSPS) is 16.7. The zero-order valence-corrected chi connectivity index (χ0v) is 20.4. The van der Waals surface area contributed by atoms with Crippen molar-refractivity contribution in [3.8, 4) is 0 Å². The average Bonchev–Trinajstić information content (AvgIpc) is 2.70. The van der Waals surface area contributed by atoms with Crippen molar-refractivity contribution in [2.24, 2.45) is 0 Å². The summed E-state index contributed by atoms with van der Waals surface area (Å²) in [7, 11) is -3.61. The Hall–Kier alpha value is -1.97. The Balaban J connectivity index is 1.97. The highest BCUT2D eigenvalue weighted by Crippen LogP contribution is 2.29. The maximum Gasteiger partial charge on any atom is 0.243 e. The third kappa shape index (κ3) is 6.05. The van der Waals surface area contributed by atoms with Crippen LogP contribution in [0.5, 0.6) is 0 Å². The summed E-state index contributed by atoms with van der Waals surface area (Å²) in [4.78, 5) is 26.5. The molecule has 1 aromatic carbocycles. The number of carbonyl (C=O) groups excluding carboxylic acids is 2. The second kappa shape index (κ2) is 10.6. The van der Waals surface area contributed by atoms with Crippen molar-refractivity contribution in [1.82, 2.24) is 19.8 Å². The summed E-state index contributed by atoms with van der Waals surface area (Å²) < 4.78 is 28.2.